The van der Waals surface area contributed by atoms with Crippen molar-refractivity contribution in [2.24, 2.45) is 0 Å². The fraction of sp³-hybridized carbons (Fsp3) is 0.727. The molecular weight excluding hydrogens is 252 g/mol. The molecule has 1 aromatic rings. The van der Waals surface area contributed by atoms with Crippen LogP contribution in [-0.2, 0) is 0 Å². The van der Waals surface area contributed by atoms with Gasteiger partial charge in [-0.05, 0) is 37.8 Å². The Bertz CT molecular complexity index is 336. The van der Waals surface area contributed by atoms with E-state index < -0.39 is 0 Å². The highest BCUT2D eigenvalue weighted by Crippen LogP contribution is 2.34. The Morgan fingerprint density at radius 1 is 1.47 bits per heavy atom. The van der Waals surface area contributed by atoms with Gasteiger partial charge in [0.15, 0.2) is 5.82 Å². The van der Waals surface area contributed by atoms with Crippen molar-refractivity contribution in [2.75, 3.05) is 36.9 Å². The number of nitrogens with zero attached hydrogens (tertiary/aromatic N) is 2. The molecule has 0 fully saturated rings. The van der Waals surface area contributed by atoms with Crippen molar-refractivity contribution in [3.63, 3.8) is 0 Å². The van der Waals surface area contributed by atoms with E-state index in [1.807, 2.05) is 6.26 Å². The van der Waals surface area contributed by atoms with Gasteiger partial charge in [0, 0.05) is 12.6 Å². The van der Waals surface area contributed by atoms with Gasteiger partial charge in [-0.1, -0.05) is 13.8 Å². The Morgan fingerprint density at radius 3 is 2.65 bits per heavy atom. The quantitative estimate of drug-likeness (QED) is 0.749. The first-order valence-electron chi connectivity index (χ1n) is 5.90. The van der Waals surface area contributed by atoms with E-state index in [9.17, 15) is 0 Å². The van der Waals surface area contributed by atoms with Crippen molar-refractivity contribution in [1.82, 2.24) is 9.27 Å². The third kappa shape index (κ3) is 4.04. The van der Waals surface area contributed by atoms with Crippen LogP contribution in [0.5, 0.6) is 0 Å². The maximum Gasteiger partial charge on any atom is 0.153 e. The van der Waals surface area contributed by atoms with Crippen LogP contribution in [0.1, 0.15) is 20.8 Å². The molecule has 0 bridgehead atoms. The van der Waals surface area contributed by atoms with E-state index >= 15 is 0 Å². The molecule has 1 aromatic heterocycles. The summed E-state index contributed by atoms with van der Waals surface area (Å²) in [6.07, 6.45) is 2.03. The SMILES string of the molecule is CCN(CC)CC(C)Nc1snc(N)c1SC. The lowest BCUT2D eigenvalue weighted by molar-refractivity contribution is 0.295. The highest BCUT2D eigenvalue weighted by molar-refractivity contribution is 7.99. The average Bonchev–Trinajstić information content (AvgIpc) is 2.66. The molecule has 0 radical (unpaired) electrons. The van der Waals surface area contributed by atoms with Crippen molar-refractivity contribution in [2.45, 2.75) is 31.7 Å². The van der Waals surface area contributed by atoms with E-state index in [-0.39, 0.29) is 0 Å². The second-order valence-corrected chi connectivity index (χ2v) is 5.55. The minimum atomic E-state index is 0.403. The number of rotatable bonds is 7. The van der Waals surface area contributed by atoms with E-state index in [4.69, 9.17) is 5.73 Å². The lowest BCUT2D eigenvalue weighted by atomic mass is 10.3. The first-order chi connectivity index (χ1) is 8.12. The maximum atomic E-state index is 5.81. The number of hydrogen-bond donors (Lipinski definition) is 2. The molecule has 1 atom stereocenters. The van der Waals surface area contributed by atoms with Crippen molar-refractivity contribution >= 4 is 34.1 Å². The van der Waals surface area contributed by atoms with Gasteiger partial charge in [0.1, 0.15) is 5.00 Å². The molecule has 17 heavy (non-hydrogen) atoms. The Balaban J connectivity index is 2.58. The molecule has 3 N–H and O–H groups in total. The number of aromatic nitrogens is 1. The third-order valence-corrected chi connectivity index (χ3v) is 4.43. The summed E-state index contributed by atoms with van der Waals surface area (Å²) in [7, 11) is 0. The topological polar surface area (TPSA) is 54.2 Å². The van der Waals surface area contributed by atoms with E-state index in [0.717, 1.165) is 29.5 Å². The summed E-state index contributed by atoms with van der Waals surface area (Å²) in [4.78, 5) is 3.47. The van der Waals surface area contributed by atoms with Crippen LogP contribution in [-0.4, -0.2) is 41.2 Å². The molecule has 0 aromatic carbocycles. The molecule has 6 heteroatoms. The fourth-order valence-electron chi connectivity index (χ4n) is 1.72. The van der Waals surface area contributed by atoms with Gasteiger partial charge in [-0.15, -0.1) is 11.8 Å². The zero-order chi connectivity index (χ0) is 12.8. The molecule has 1 unspecified atom stereocenters. The number of nitrogens with one attached hydrogen (secondary N) is 1. The van der Waals surface area contributed by atoms with Crippen LogP contribution in [0.25, 0.3) is 0 Å². The van der Waals surface area contributed by atoms with Crippen molar-refractivity contribution in [1.29, 1.82) is 0 Å². The Kier molecular flexibility index (Phi) is 6.08. The molecule has 0 saturated carbocycles. The van der Waals surface area contributed by atoms with Gasteiger partial charge in [-0.25, -0.2) is 0 Å². The largest absolute Gasteiger partial charge is 0.382 e. The molecule has 0 saturated heterocycles. The lowest BCUT2D eigenvalue weighted by Crippen LogP contribution is -2.34. The van der Waals surface area contributed by atoms with Gasteiger partial charge < -0.3 is 16.0 Å². The predicted octanol–water partition coefficient (Wildman–Crippen LogP) is 2.59. The standard InChI is InChI=1S/C11H22N4S2/c1-5-15(6-2)7-8(3)13-11-9(16-4)10(12)14-17-11/h8,13H,5-7H2,1-4H3,(H2,12,14). The van der Waals surface area contributed by atoms with Gasteiger partial charge >= 0.3 is 0 Å². The third-order valence-electron chi connectivity index (χ3n) is 2.68. The first-order valence-corrected chi connectivity index (χ1v) is 7.90. The number of nitrogens with two attached hydrogens (primary N) is 1. The van der Waals surface area contributed by atoms with Crippen molar-refractivity contribution in [3.8, 4) is 0 Å². The van der Waals surface area contributed by atoms with Crippen LogP contribution in [0.15, 0.2) is 4.90 Å². The maximum absolute atomic E-state index is 5.81. The van der Waals surface area contributed by atoms with Crippen LogP contribution in [0.3, 0.4) is 0 Å². The van der Waals surface area contributed by atoms with E-state index in [0.29, 0.717) is 11.9 Å². The van der Waals surface area contributed by atoms with Crippen LogP contribution >= 0.6 is 23.3 Å². The van der Waals surface area contributed by atoms with Gasteiger partial charge in [0.25, 0.3) is 0 Å². The predicted molar refractivity (Wildman–Crippen MR) is 79.2 cm³/mol. The fourth-order valence-corrected chi connectivity index (χ4v) is 3.36. The Hall–Kier alpha value is -0.460. The summed E-state index contributed by atoms with van der Waals surface area (Å²) < 4.78 is 4.18. The summed E-state index contributed by atoms with van der Waals surface area (Å²) in [6.45, 7) is 9.78. The summed E-state index contributed by atoms with van der Waals surface area (Å²) in [5.41, 5.74) is 5.81. The zero-order valence-corrected chi connectivity index (χ0v) is 12.6. The average molecular weight is 274 g/mol. The molecule has 0 aliphatic rings. The number of anilines is 2. The molecule has 0 amide bonds. The molecular formula is C11H22N4S2. The molecule has 0 spiro atoms. The second kappa shape index (κ2) is 7.08. The van der Waals surface area contributed by atoms with Crippen molar-refractivity contribution < 1.29 is 0 Å². The highest BCUT2D eigenvalue weighted by atomic mass is 32.2. The summed E-state index contributed by atoms with van der Waals surface area (Å²) in [6, 6.07) is 0.403. The monoisotopic (exact) mass is 274 g/mol. The summed E-state index contributed by atoms with van der Waals surface area (Å²) in [5, 5.41) is 4.59. The van der Waals surface area contributed by atoms with E-state index in [1.165, 1.54) is 11.5 Å². The number of likely N-dealkylation sites (N-methyl/N-ethyl adjacent to an activating group) is 1. The number of nitrogen functional groups attached to an aromatic ring is 1. The van der Waals surface area contributed by atoms with E-state index in [1.54, 1.807) is 11.8 Å². The highest BCUT2D eigenvalue weighted by Gasteiger charge is 2.13. The zero-order valence-electron chi connectivity index (χ0n) is 11.0. The molecule has 4 nitrogen and oxygen atoms in total. The van der Waals surface area contributed by atoms with Gasteiger partial charge in [-0.2, -0.15) is 4.37 Å². The molecule has 1 heterocycles. The molecule has 0 aliphatic heterocycles. The Labute approximate surface area is 112 Å². The normalized spacial score (nSPS) is 13.0. The number of hydrogen-bond acceptors (Lipinski definition) is 6. The minimum absolute atomic E-state index is 0.403. The van der Waals surface area contributed by atoms with Gasteiger partial charge in [0.2, 0.25) is 0 Å². The minimum Gasteiger partial charge on any atom is -0.382 e. The van der Waals surface area contributed by atoms with E-state index in [2.05, 4.69) is 35.4 Å². The Morgan fingerprint density at radius 2 is 2.12 bits per heavy atom. The van der Waals surface area contributed by atoms with Crippen LogP contribution in [0.4, 0.5) is 10.8 Å². The van der Waals surface area contributed by atoms with Gasteiger partial charge in [-0.3, -0.25) is 0 Å². The smallest absolute Gasteiger partial charge is 0.153 e. The number of thioether (sulfide) groups is 1. The summed E-state index contributed by atoms with van der Waals surface area (Å²) >= 11 is 3.09. The second-order valence-electron chi connectivity index (χ2n) is 3.96. The van der Waals surface area contributed by atoms with Crippen LogP contribution < -0.4 is 11.1 Å². The lowest BCUT2D eigenvalue weighted by Gasteiger charge is -2.23. The first kappa shape index (κ1) is 14.6. The van der Waals surface area contributed by atoms with Crippen LogP contribution in [0.2, 0.25) is 0 Å². The van der Waals surface area contributed by atoms with Crippen LogP contribution in [0, 0.1) is 0 Å². The molecule has 0 aliphatic carbocycles. The van der Waals surface area contributed by atoms with Gasteiger partial charge in [0.05, 0.1) is 4.90 Å². The molecule has 98 valence electrons. The molecule has 1 rings (SSSR count). The summed E-state index contributed by atoms with van der Waals surface area (Å²) in [5.74, 6) is 0.639. The van der Waals surface area contributed by atoms with Crippen molar-refractivity contribution in [3.05, 3.63) is 0 Å².